The molecule has 8 heteroatoms. The van der Waals surface area contributed by atoms with Gasteiger partial charge in [-0.25, -0.2) is 4.98 Å². The summed E-state index contributed by atoms with van der Waals surface area (Å²) >= 11 is 11.5. The van der Waals surface area contributed by atoms with Gasteiger partial charge in [0.25, 0.3) is 0 Å². The zero-order valence-electron chi connectivity index (χ0n) is 8.43. The van der Waals surface area contributed by atoms with Crippen LogP contribution in [0, 0.1) is 5.92 Å². The monoisotopic (exact) mass is 275 g/mol. The van der Waals surface area contributed by atoms with E-state index in [4.69, 9.17) is 28.3 Å². The SMILES string of the molecule is O=C(O)C1CC(=O)N(c2nc(Cl)ncc2Cl)C1. The number of carboxylic acid groups (broad SMARTS) is 1. The van der Waals surface area contributed by atoms with Crippen molar-refractivity contribution in [2.45, 2.75) is 6.42 Å². The van der Waals surface area contributed by atoms with Gasteiger partial charge in [0.2, 0.25) is 11.2 Å². The zero-order valence-corrected chi connectivity index (χ0v) is 9.94. The first-order valence-electron chi connectivity index (χ1n) is 4.70. The van der Waals surface area contributed by atoms with E-state index in [1.165, 1.54) is 11.1 Å². The molecule has 0 spiro atoms. The summed E-state index contributed by atoms with van der Waals surface area (Å²) in [6.45, 7) is 0.0429. The largest absolute Gasteiger partial charge is 0.481 e. The van der Waals surface area contributed by atoms with Crippen molar-refractivity contribution in [3.05, 3.63) is 16.5 Å². The van der Waals surface area contributed by atoms with Gasteiger partial charge < -0.3 is 5.11 Å². The minimum atomic E-state index is -1.02. The first-order valence-corrected chi connectivity index (χ1v) is 5.46. The maximum absolute atomic E-state index is 11.7. The molecule has 0 radical (unpaired) electrons. The van der Waals surface area contributed by atoms with Gasteiger partial charge in [0.1, 0.15) is 5.02 Å². The number of anilines is 1. The number of aliphatic carboxylic acids is 1. The number of carbonyl (C=O) groups excluding carboxylic acids is 1. The molecule has 17 heavy (non-hydrogen) atoms. The Morgan fingerprint density at radius 2 is 2.24 bits per heavy atom. The second-order valence-electron chi connectivity index (χ2n) is 3.55. The lowest BCUT2D eigenvalue weighted by Crippen LogP contribution is -2.27. The summed E-state index contributed by atoms with van der Waals surface area (Å²) in [4.78, 5) is 31.2. The number of hydrogen-bond acceptors (Lipinski definition) is 4. The van der Waals surface area contributed by atoms with Crippen LogP contribution in [0.15, 0.2) is 6.20 Å². The van der Waals surface area contributed by atoms with Crippen LogP contribution in [0.25, 0.3) is 0 Å². The summed E-state index contributed by atoms with van der Waals surface area (Å²) in [6, 6.07) is 0. The van der Waals surface area contributed by atoms with Crippen molar-refractivity contribution in [3.8, 4) is 0 Å². The molecule has 0 saturated carbocycles. The first kappa shape index (κ1) is 12.1. The molecule has 1 N–H and O–H groups in total. The number of carbonyl (C=O) groups is 2. The van der Waals surface area contributed by atoms with Crippen molar-refractivity contribution < 1.29 is 14.7 Å². The lowest BCUT2D eigenvalue weighted by Gasteiger charge is -2.15. The Hall–Kier alpha value is -1.40. The normalized spacial score (nSPS) is 19.8. The van der Waals surface area contributed by atoms with Crippen molar-refractivity contribution in [1.82, 2.24) is 9.97 Å². The van der Waals surface area contributed by atoms with Gasteiger partial charge in [0.15, 0.2) is 5.82 Å². The fourth-order valence-electron chi connectivity index (χ4n) is 1.60. The number of halogens is 2. The Kier molecular flexibility index (Phi) is 3.17. The third-order valence-electron chi connectivity index (χ3n) is 2.43. The minimum absolute atomic E-state index is 0.0429. The summed E-state index contributed by atoms with van der Waals surface area (Å²) < 4.78 is 0. The van der Waals surface area contributed by atoms with E-state index in [2.05, 4.69) is 9.97 Å². The van der Waals surface area contributed by atoms with Gasteiger partial charge in [-0.1, -0.05) is 11.6 Å². The average molecular weight is 276 g/mol. The molecule has 1 aromatic heterocycles. The Morgan fingerprint density at radius 3 is 2.82 bits per heavy atom. The second kappa shape index (κ2) is 4.46. The topological polar surface area (TPSA) is 83.4 Å². The molecule has 1 unspecified atom stereocenters. The Morgan fingerprint density at radius 1 is 1.53 bits per heavy atom. The molecule has 0 aromatic carbocycles. The number of rotatable bonds is 2. The number of hydrogen-bond donors (Lipinski definition) is 1. The molecule has 0 aliphatic carbocycles. The number of aromatic nitrogens is 2. The highest BCUT2D eigenvalue weighted by Crippen LogP contribution is 2.29. The highest BCUT2D eigenvalue weighted by molar-refractivity contribution is 6.34. The Balaban J connectivity index is 2.32. The van der Waals surface area contributed by atoms with Crippen LogP contribution in [0.4, 0.5) is 5.82 Å². The van der Waals surface area contributed by atoms with Crippen LogP contribution in [0.5, 0.6) is 0 Å². The average Bonchev–Trinajstić information content (AvgIpc) is 2.64. The molecular formula is C9H7Cl2N3O3. The van der Waals surface area contributed by atoms with Crippen molar-refractivity contribution >= 4 is 40.9 Å². The highest BCUT2D eigenvalue weighted by atomic mass is 35.5. The van der Waals surface area contributed by atoms with Crippen LogP contribution in [-0.2, 0) is 9.59 Å². The van der Waals surface area contributed by atoms with Crippen LogP contribution >= 0.6 is 23.2 Å². The van der Waals surface area contributed by atoms with Crippen molar-refractivity contribution in [1.29, 1.82) is 0 Å². The predicted octanol–water partition coefficient (Wildman–Crippen LogP) is 1.22. The lowest BCUT2D eigenvalue weighted by molar-refractivity contribution is -0.141. The summed E-state index contributed by atoms with van der Waals surface area (Å²) in [5.41, 5.74) is 0. The van der Waals surface area contributed by atoms with E-state index in [0.29, 0.717) is 0 Å². The molecule has 1 fully saturated rings. The van der Waals surface area contributed by atoms with Gasteiger partial charge in [-0.15, -0.1) is 0 Å². The van der Waals surface area contributed by atoms with Crippen molar-refractivity contribution in [2.75, 3.05) is 11.4 Å². The maximum atomic E-state index is 11.7. The second-order valence-corrected chi connectivity index (χ2v) is 4.30. The molecule has 2 heterocycles. The van der Waals surface area contributed by atoms with E-state index >= 15 is 0 Å². The molecule has 0 bridgehead atoms. The molecular weight excluding hydrogens is 269 g/mol. The van der Waals surface area contributed by atoms with Gasteiger partial charge in [-0.2, -0.15) is 4.98 Å². The standard InChI is InChI=1S/C9H7Cl2N3O3/c10-5-2-12-9(11)13-7(5)14-3-4(8(16)17)1-6(14)15/h2,4H,1,3H2,(H,16,17). The van der Waals surface area contributed by atoms with Gasteiger partial charge in [-0.3, -0.25) is 14.5 Å². The van der Waals surface area contributed by atoms with E-state index in [9.17, 15) is 9.59 Å². The van der Waals surface area contributed by atoms with E-state index in [-0.39, 0.29) is 35.0 Å². The molecule has 90 valence electrons. The molecule has 6 nitrogen and oxygen atoms in total. The van der Waals surface area contributed by atoms with Gasteiger partial charge in [-0.05, 0) is 11.6 Å². The molecule has 1 aliphatic heterocycles. The summed E-state index contributed by atoms with van der Waals surface area (Å²) in [7, 11) is 0. The van der Waals surface area contributed by atoms with E-state index in [0.717, 1.165) is 0 Å². The summed E-state index contributed by atoms with van der Waals surface area (Å²) in [5.74, 6) is -1.95. The number of amides is 1. The highest BCUT2D eigenvalue weighted by Gasteiger charge is 2.36. The van der Waals surface area contributed by atoms with E-state index in [1.54, 1.807) is 0 Å². The molecule has 1 aliphatic rings. The van der Waals surface area contributed by atoms with Gasteiger partial charge >= 0.3 is 5.97 Å². The lowest BCUT2D eigenvalue weighted by atomic mass is 10.1. The summed E-state index contributed by atoms with van der Waals surface area (Å²) in [6.07, 6.45) is 1.21. The molecule has 1 aromatic rings. The molecule has 1 amide bonds. The molecule has 2 rings (SSSR count). The zero-order chi connectivity index (χ0) is 12.6. The van der Waals surface area contributed by atoms with Crippen LogP contribution in [0.1, 0.15) is 6.42 Å². The third kappa shape index (κ3) is 2.32. The van der Waals surface area contributed by atoms with Crippen molar-refractivity contribution in [2.24, 2.45) is 5.92 Å². The maximum Gasteiger partial charge on any atom is 0.308 e. The molecule has 1 atom stereocenters. The van der Waals surface area contributed by atoms with Crippen molar-refractivity contribution in [3.63, 3.8) is 0 Å². The van der Waals surface area contributed by atoms with E-state index < -0.39 is 11.9 Å². The fourth-order valence-corrected chi connectivity index (χ4v) is 1.93. The Labute approximate surface area is 106 Å². The fraction of sp³-hybridized carbons (Fsp3) is 0.333. The quantitative estimate of drug-likeness (QED) is 0.821. The van der Waals surface area contributed by atoms with Crippen LogP contribution in [0.2, 0.25) is 10.3 Å². The van der Waals surface area contributed by atoms with E-state index in [1.807, 2.05) is 0 Å². The first-order chi connectivity index (χ1) is 7.99. The summed E-state index contributed by atoms with van der Waals surface area (Å²) in [5, 5.41) is 8.96. The molecule has 1 saturated heterocycles. The van der Waals surface area contributed by atoms with Gasteiger partial charge in [0.05, 0.1) is 12.1 Å². The number of carboxylic acids is 1. The van der Waals surface area contributed by atoms with Gasteiger partial charge in [0, 0.05) is 13.0 Å². The minimum Gasteiger partial charge on any atom is -0.481 e. The number of nitrogens with zero attached hydrogens (tertiary/aromatic N) is 3. The Bertz CT molecular complexity index is 494. The predicted molar refractivity (Wildman–Crippen MR) is 60.1 cm³/mol. The van der Waals surface area contributed by atoms with Crippen LogP contribution in [-0.4, -0.2) is 33.5 Å². The smallest absolute Gasteiger partial charge is 0.308 e. The van der Waals surface area contributed by atoms with Crippen LogP contribution in [0.3, 0.4) is 0 Å². The van der Waals surface area contributed by atoms with Crippen LogP contribution < -0.4 is 4.90 Å². The third-order valence-corrected chi connectivity index (χ3v) is 2.87.